The smallest absolute Gasteiger partial charge is 0.306 e. The number of benzene rings is 1. The molecule has 0 heterocycles. The highest BCUT2D eigenvalue weighted by Gasteiger charge is 2.34. The zero-order valence-corrected chi connectivity index (χ0v) is 11.9. The van der Waals surface area contributed by atoms with E-state index in [1.807, 2.05) is 0 Å². The molecule has 2 atom stereocenters. The first kappa shape index (κ1) is 14.9. The van der Waals surface area contributed by atoms with Gasteiger partial charge in [0.2, 0.25) is 5.91 Å². The Morgan fingerprint density at radius 2 is 1.75 bits per heavy atom. The predicted molar refractivity (Wildman–Crippen MR) is 71.2 cm³/mol. The van der Waals surface area contributed by atoms with E-state index in [-0.39, 0.29) is 10.9 Å². The van der Waals surface area contributed by atoms with Crippen LogP contribution >= 0.6 is 15.9 Å². The van der Waals surface area contributed by atoms with Crippen molar-refractivity contribution in [3.63, 3.8) is 0 Å². The second kappa shape index (κ2) is 5.87. The van der Waals surface area contributed by atoms with Crippen LogP contribution < -0.4 is 5.32 Å². The standard InChI is InChI=1S/C13H12BrF2NO3/c14-8-4-9(15)11(10(16)5-8)17-12(18)6-1-2-7(3-6)13(19)20/h4-7H,1-3H2,(H,17,18)(H,19,20)/t6-,7+/m1/s1. The first-order chi connectivity index (χ1) is 9.38. The first-order valence-electron chi connectivity index (χ1n) is 6.06. The molecule has 0 unspecified atom stereocenters. The van der Waals surface area contributed by atoms with Gasteiger partial charge in [0.05, 0.1) is 5.92 Å². The number of halogens is 3. The lowest BCUT2D eigenvalue weighted by molar-refractivity contribution is -0.141. The molecular weight excluding hydrogens is 336 g/mol. The van der Waals surface area contributed by atoms with Crippen LogP contribution in [0.2, 0.25) is 0 Å². The fourth-order valence-corrected chi connectivity index (χ4v) is 2.73. The lowest BCUT2D eigenvalue weighted by Gasteiger charge is -2.12. The highest BCUT2D eigenvalue weighted by Crippen LogP contribution is 2.32. The molecule has 1 aromatic rings. The molecule has 1 amide bonds. The van der Waals surface area contributed by atoms with Gasteiger partial charge in [-0.3, -0.25) is 9.59 Å². The van der Waals surface area contributed by atoms with E-state index in [1.165, 1.54) is 0 Å². The number of aliphatic carboxylic acids is 1. The molecule has 0 aromatic heterocycles. The summed E-state index contributed by atoms with van der Waals surface area (Å²) in [5.74, 6) is -4.34. The number of rotatable bonds is 3. The van der Waals surface area contributed by atoms with E-state index in [1.54, 1.807) is 0 Å². The van der Waals surface area contributed by atoms with Crippen LogP contribution in [0, 0.1) is 23.5 Å². The van der Waals surface area contributed by atoms with Crippen LogP contribution in [0.5, 0.6) is 0 Å². The van der Waals surface area contributed by atoms with Gasteiger partial charge in [-0.05, 0) is 31.4 Å². The number of carbonyl (C=O) groups excluding carboxylic acids is 1. The third-order valence-electron chi connectivity index (χ3n) is 3.41. The van der Waals surface area contributed by atoms with Crippen LogP contribution in [0.3, 0.4) is 0 Å². The monoisotopic (exact) mass is 347 g/mol. The van der Waals surface area contributed by atoms with E-state index in [9.17, 15) is 18.4 Å². The number of nitrogens with one attached hydrogen (secondary N) is 1. The largest absolute Gasteiger partial charge is 0.481 e. The molecule has 20 heavy (non-hydrogen) atoms. The Kier molecular flexibility index (Phi) is 4.37. The van der Waals surface area contributed by atoms with Gasteiger partial charge in [0.1, 0.15) is 5.69 Å². The molecule has 0 saturated heterocycles. The summed E-state index contributed by atoms with van der Waals surface area (Å²) in [5.41, 5.74) is -0.503. The molecule has 0 radical (unpaired) electrons. The molecule has 0 spiro atoms. The van der Waals surface area contributed by atoms with Gasteiger partial charge in [-0.15, -0.1) is 0 Å². The average Bonchev–Trinajstić information content (AvgIpc) is 2.83. The summed E-state index contributed by atoms with van der Waals surface area (Å²) in [4.78, 5) is 22.7. The topological polar surface area (TPSA) is 66.4 Å². The molecule has 2 N–H and O–H groups in total. The molecule has 1 aliphatic carbocycles. The maximum absolute atomic E-state index is 13.6. The summed E-state index contributed by atoms with van der Waals surface area (Å²) in [6.45, 7) is 0. The van der Waals surface area contributed by atoms with Crippen molar-refractivity contribution in [2.75, 3.05) is 5.32 Å². The lowest BCUT2D eigenvalue weighted by Crippen LogP contribution is -2.23. The maximum Gasteiger partial charge on any atom is 0.306 e. The van der Waals surface area contributed by atoms with Crippen LogP contribution in [0.1, 0.15) is 19.3 Å². The van der Waals surface area contributed by atoms with E-state index < -0.39 is 41.0 Å². The molecule has 1 saturated carbocycles. The molecule has 1 aliphatic rings. The van der Waals surface area contributed by atoms with Gasteiger partial charge in [-0.1, -0.05) is 15.9 Å². The highest BCUT2D eigenvalue weighted by molar-refractivity contribution is 9.10. The maximum atomic E-state index is 13.6. The van der Waals surface area contributed by atoms with Crippen molar-refractivity contribution in [3.8, 4) is 0 Å². The Morgan fingerprint density at radius 3 is 2.25 bits per heavy atom. The Hall–Kier alpha value is -1.50. The van der Waals surface area contributed by atoms with Crippen molar-refractivity contribution in [2.45, 2.75) is 19.3 Å². The fourth-order valence-electron chi connectivity index (χ4n) is 2.33. The number of carboxylic acid groups (broad SMARTS) is 1. The molecule has 4 nitrogen and oxygen atoms in total. The Balaban J connectivity index is 2.08. The second-order valence-electron chi connectivity index (χ2n) is 4.78. The molecule has 0 bridgehead atoms. The Labute approximate surface area is 122 Å². The predicted octanol–water partition coefficient (Wildman–Crippen LogP) is 3.17. The van der Waals surface area contributed by atoms with Crippen LogP contribution in [0.4, 0.5) is 14.5 Å². The molecular formula is C13H12BrF2NO3. The van der Waals surface area contributed by atoms with Crippen LogP contribution in [-0.2, 0) is 9.59 Å². The molecule has 7 heteroatoms. The van der Waals surface area contributed by atoms with Crippen molar-refractivity contribution in [1.82, 2.24) is 0 Å². The SMILES string of the molecule is O=C(O)[C@H]1CC[C@@H](C(=O)Nc2c(F)cc(Br)cc2F)C1. The van der Waals surface area contributed by atoms with Gasteiger partial charge < -0.3 is 10.4 Å². The number of anilines is 1. The van der Waals surface area contributed by atoms with Crippen molar-refractivity contribution in [2.24, 2.45) is 11.8 Å². The summed E-state index contributed by atoms with van der Waals surface area (Å²) in [5, 5.41) is 11.1. The number of hydrogen-bond donors (Lipinski definition) is 2. The molecule has 1 aromatic carbocycles. The minimum Gasteiger partial charge on any atom is -0.481 e. The van der Waals surface area contributed by atoms with E-state index in [0.717, 1.165) is 12.1 Å². The number of amides is 1. The Morgan fingerprint density at radius 1 is 1.20 bits per heavy atom. The van der Waals surface area contributed by atoms with Crippen molar-refractivity contribution >= 4 is 33.5 Å². The second-order valence-corrected chi connectivity index (χ2v) is 5.69. The molecule has 1 fully saturated rings. The minimum atomic E-state index is -0.943. The Bertz CT molecular complexity index is 542. The summed E-state index contributed by atoms with van der Waals surface area (Å²) in [6, 6.07) is 2.10. The summed E-state index contributed by atoms with van der Waals surface area (Å²) >= 11 is 2.95. The normalized spacial score (nSPS) is 21.8. The van der Waals surface area contributed by atoms with Gasteiger partial charge in [-0.2, -0.15) is 0 Å². The number of carboxylic acids is 1. The third-order valence-corrected chi connectivity index (χ3v) is 3.87. The summed E-state index contributed by atoms with van der Waals surface area (Å²) in [7, 11) is 0. The van der Waals surface area contributed by atoms with Crippen molar-refractivity contribution in [3.05, 3.63) is 28.2 Å². The third kappa shape index (κ3) is 3.15. The lowest BCUT2D eigenvalue weighted by atomic mass is 10.0. The van der Waals surface area contributed by atoms with Gasteiger partial charge in [-0.25, -0.2) is 8.78 Å². The van der Waals surface area contributed by atoms with Gasteiger partial charge in [0, 0.05) is 10.4 Å². The number of carbonyl (C=O) groups is 2. The quantitative estimate of drug-likeness (QED) is 0.882. The molecule has 0 aliphatic heterocycles. The van der Waals surface area contributed by atoms with Crippen molar-refractivity contribution in [1.29, 1.82) is 0 Å². The molecule has 2 rings (SSSR count). The van der Waals surface area contributed by atoms with Crippen LogP contribution in [-0.4, -0.2) is 17.0 Å². The highest BCUT2D eigenvalue weighted by atomic mass is 79.9. The fraction of sp³-hybridized carbons (Fsp3) is 0.385. The zero-order chi connectivity index (χ0) is 14.9. The molecule has 108 valence electrons. The zero-order valence-electron chi connectivity index (χ0n) is 10.3. The summed E-state index contributed by atoms with van der Waals surface area (Å²) < 4.78 is 27.4. The summed E-state index contributed by atoms with van der Waals surface area (Å²) in [6.07, 6.45) is 1.00. The first-order valence-corrected chi connectivity index (χ1v) is 6.86. The van der Waals surface area contributed by atoms with E-state index in [4.69, 9.17) is 5.11 Å². The van der Waals surface area contributed by atoms with Gasteiger partial charge in [0.15, 0.2) is 11.6 Å². The van der Waals surface area contributed by atoms with Gasteiger partial charge >= 0.3 is 5.97 Å². The van der Waals surface area contributed by atoms with Crippen molar-refractivity contribution < 1.29 is 23.5 Å². The van der Waals surface area contributed by atoms with E-state index in [2.05, 4.69) is 21.2 Å². The number of hydrogen-bond acceptors (Lipinski definition) is 2. The van der Waals surface area contributed by atoms with Crippen LogP contribution in [0.25, 0.3) is 0 Å². The van der Waals surface area contributed by atoms with Crippen LogP contribution in [0.15, 0.2) is 16.6 Å². The van der Waals surface area contributed by atoms with Gasteiger partial charge in [0.25, 0.3) is 0 Å². The average molecular weight is 348 g/mol. The van der Waals surface area contributed by atoms with E-state index >= 15 is 0 Å². The van der Waals surface area contributed by atoms with E-state index in [0.29, 0.717) is 12.8 Å². The minimum absolute atomic E-state index is 0.195.